The number of aromatic nitrogens is 3. The number of morpholine rings is 1. The highest BCUT2D eigenvalue weighted by molar-refractivity contribution is 5.97. The number of carbonyl (C=O) groups excluding carboxylic acids is 1. The van der Waals surface area contributed by atoms with Gasteiger partial charge in [-0.25, -0.2) is 23.5 Å². The van der Waals surface area contributed by atoms with E-state index < -0.39 is 83.5 Å². The Morgan fingerprint density at radius 1 is 1.09 bits per heavy atom. The predicted molar refractivity (Wildman–Crippen MR) is 145 cm³/mol. The summed E-state index contributed by atoms with van der Waals surface area (Å²) >= 11 is 0. The molecule has 4 aromatic rings. The van der Waals surface area contributed by atoms with Gasteiger partial charge in [-0.05, 0) is 36.4 Å². The van der Waals surface area contributed by atoms with Crippen molar-refractivity contribution in [2.24, 2.45) is 0 Å². The van der Waals surface area contributed by atoms with Crippen LogP contribution in [0.3, 0.4) is 0 Å². The number of ether oxygens (including phenoxy) is 1. The lowest BCUT2D eigenvalue weighted by molar-refractivity contribution is -0.167. The maximum absolute atomic E-state index is 15.0. The van der Waals surface area contributed by atoms with Crippen LogP contribution in [0, 0.1) is 11.6 Å². The number of alkyl halides is 6. The number of nitrogen functional groups attached to an aromatic ring is 1. The molecule has 3 aromatic heterocycles. The highest BCUT2D eigenvalue weighted by Crippen LogP contribution is 2.38. The fourth-order valence-corrected chi connectivity index (χ4v) is 5.09. The molecule has 0 unspecified atom stereocenters. The number of imidazole rings is 1. The predicted octanol–water partition coefficient (Wildman–Crippen LogP) is 4.47. The van der Waals surface area contributed by atoms with Crippen molar-refractivity contribution < 1.29 is 54.6 Å². The molecule has 10 nitrogen and oxygen atoms in total. The van der Waals surface area contributed by atoms with Gasteiger partial charge in [0.05, 0.1) is 24.5 Å². The molecule has 46 heavy (non-hydrogen) atoms. The quantitative estimate of drug-likeness (QED) is 0.248. The third-order valence-electron chi connectivity index (χ3n) is 7.22. The van der Waals surface area contributed by atoms with E-state index >= 15 is 8.78 Å². The van der Waals surface area contributed by atoms with E-state index in [1.807, 2.05) is 5.32 Å². The molecule has 244 valence electrons. The number of nitrogens with zero attached hydrogens (tertiary/aromatic N) is 4. The van der Waals surface area contributed by atoms with Gasteiger partial charge in [0.1, 0.15) is 40.7 Å². The summed E-state index contributed by atoms with van der Waals surface area (Å²) in [5, 5.41) is 11.8. The fourth-order valence-electron chi connectivity index (χ4n) is 5.09. The summed E-state index contributed by atoms with van der Waals surface area (Å²) in [5.74, 6) is -6.44. The van der Waals surface area contributed by atoms with Gasteiger partial charge in [0, 0.05) is 42.3 Å². The zero-order valence-electron chi connectivity index (χ0n) is 23.2. The van der Waals surface area contributed by atoms with Crippen molar-refractivity contribution in [3.63, 3.8) is 0 Å². The number of nitrogens with two attached hydrogens (primary N) is 1. The molecule has 1 aromatic carbocycles. The first kappa shape index (κ1) is 32.4. The number of aliphatic carboxylic acids is 1. The molecule has 0 bridgehead atoms. The van der Waals surface area contributed by atoms with E-state index in [4.69, 9.17) is 10.5 Å². The summed E-state index contributed by atoms with van der Waals surface area (Å²) in [6.45, 7) is -1.27. The first-order chi connectivity index (χ1) is 21.6. The van der Waals surface area contributed by atoms with Crippen LogP contribution in [0.25, 0.3) is 16.9 Å². The van der Waals surface area contributed by atoms with E-state index in [0.29, 0.717) is 17.0 Å². The van der Waals surface area contributed by atoms with Gasteiger partial charge in [-0.1, -0.05) is 0 Å². The lowest BCUT2D eigenvalue weighted by Gasteiger charge is -2.38. The average Bonchev–Trinajstić information content (AvgIpc) is 3.46. The maximum atomic E-state index is 15.0. The molecular weight excluding hydrogens is 636 g/mol. The van der Waals surface area contributed by atoms with Gasteiger partial charge < -0.3 is 30.2 Å². The number of amides is 1. The van der Waals surface area contributed by atoms with Crippen LogP contribution in [0.2, 0.25) is 0 Å². The molecule has 0 saturated carbocycles. The first-order valence-corrected chi connectivity index (χ1v) is 13.3. The molecule has 1 saturated heterocycles. The number of pyridine rings is 2. The van der Waals surface area contributed by atoms with Crippen molar-refractivity contribution >= 4 is 29.0 Å². The number of rotatable bonds is 7. The molecule has 1 aliphatic rings. The Bertz CT molecular complexity index is 1790. The van der Waals surface area contributed by atoms with Gasteiger partial charge in [-0.15, -0.1) is 0 Å². The summed E-state index contributed by atoms with van der Waals surface area (Å²) in [5.41, 5.74) is 2.20. The van der Waals surface area contributed by atoms with Crippen LogP contribution in [0.1, 0.15) is 21.6 Å². The van der Waals surface area contributed by atoms with Crippen LogP contribution in [0.5, 0.6) is 0 Å². The summed E-state index contributed by atoms with van der Waals surface area (Å²) < 4.78 is 118. The molecular formula is C28H22F8N6O4. The van der Waals surface area contributed by atoms with Crippen molar-refractivity contribution in [3.8, 4) is 11.3 Å². The lowest BCUT2D eigenvalue weighted by atomic mass is 10.0. The average molecular weight is 659 g/mol. The number of halogens is 8. The standard InChI is InChI=1S/C28H22F8N6O4/c29-17-9-14(41-7-8-46-12-20(41)28(34,35)36)10-18(30)22(17)25(43)39-19(26(44)45)11-13-1-2-15(24-38-5-6-42(13)24)23-16(27(31,32)33)3-4-21(37)40-23/h1-6,9-10,19-20H,7-8,11-12H2,(H2,37,40)(H,39,43)(H,44,45)/t19-,20+/m0/s1. The number of hydrogen-bond donors (Lipinski definition) is 3. The Morgan fingerprint density at radius 2 is 1.78 bits per heavy atom. The molecule has 1 aliphatic heterocycles. The number of carboxylic acids is 1. The van der Waals surface area contributed by atoms with Crippen molar-refractivity contribution in [1.82, 2.24) is 19.7 Å². The Balaban J connectivity index is 1.43. The van der Waals surface area contributed by atoms with Crippen LogP contribution in [0.4, 0.5) is 46.6 Å². The second kappa shape index (κ2) is 12.1. The minimum atomic E-state index is -4.80. The van der Waals surface area contributed by atoms with E-state index in [-0.39, 0.29) is 35.9 Å². The topological polar surface area (TPSA) is 135 Å². The van der Waals surface area contributed by atoms with Gasteiger partial charge in [0.25, 0.3) is 5.91 Å². The Morgan fingerprint density at radius 3 is 2.41 bits per heavy atom. The molecule has 4 N–H and O–H groups in total. The SMILES string of the molecule is Nc1ccc(C(F)(F)F)c(-c2ccc(C[C@H](NC(=O)c3c(F)cc(N4CCOC[C@@H]4C(F)(F)F)cc3F)C(=O)O)n3ccnc23)n1. The Hall–Kier alpha value is -5.00. The van der Waals surface area contributed by atoms with Gasteiger partial charge in [-0.2, -0.15) is 26.3 Å². The summed E-state index contributed by atoms with van der Waals surface area (Å²) in [7, 11) is 0. The number of carboxylic acid groups (broad SMARTS) is 1. The lowest BCUT2D eigenvalue weighted by Crippen LogP contribution is -2.53. The maximum Gasteiger partial charge on any atom is 0.418 e. The van der Waals surface area contributed by atoms with Crippen molar-refractivity contribution in [2.75, 3.05) is 30.4 Å². The van der Waals surface area contributed by atoms with Gasteiger partial charge in [0.2, 0.25) is 0 Å². The zero-order valence-corrected chi connectivity index (χ0v) is 23.2. The second-order valence-corrected chi connectivity index (χ2v) is 10.2. The third kappa shape index (κ3) is 6.37. The molecule has 0 radical (unpaired) electrons. The van der Waals surface area contributed by atoms with Crippen LogP contribution in [-0.4, -0.2) is 69.4 Å². The van der Waals surface area contributed by atoms with Crippen molar-refractivity contribution in [3.05, 3.63) is 77.2 Å². The molecule has 0 aliphatic carbocycles. The fraction of sp³-hybridized carbons (Fsp3) is 0.286. The number of fused-ring (bicyclic) bond motifs is 1. The molecule has 1 amide bonds. The van der Waals surface area contributed by atoms with Crippen LogP contribution in [-0.2, 0) is 22.1 Å². The van der Waals surface area contributed by atoms with Crippen LogP contribution in [0.15, 0.2) is 48.8 Å². The van der Waals surface area contributed by atoms with Crippen LogP contribution >= 0.6 is 0 Å². The summed E-state index contributed by atoms with van der Waals surface area (Å²) in [6.07, 6.45) is -7.59. The largest absolute Gasteiger partial charge is 0.480 e. The molecule has 4 heterocycles. The number of hydrogen-bond acceptors (Lipinski definition) is 7. The Labute approximate surface area is 253 Å². The highest BCUT2D eigenvalue weighted by atomic mass is 19.4. The number of benzene rings is 1. The van der Waals surface area contributed by atoms with Gasteiger partial charge in [0.15, 0.2) is 0 Å². The van der Waals surface area contributed by atoms with Crippen molar-refractivity contribution in [2.45, 2.75) is 30.9 Å². The monoisotopic (exact) mass is 658 g/mol. The van der Waals surface area contributed by atoms with E-state index in [1.165, 1.54) is 28.9 Å². The first-order valence-electron chi connectivity index (χ1n) is 13.3. The molecule has 1 fully saturated rings. The van der Waals surface area contributed by atoms with E-state index in [9.17, 15) is 41.0 Å². The number of nitrogens with one attached hydrogen (secondary N) is 1. The van der Waals surface area contributed by atoms with Crippen LogP contribution < -0.4 is 16.0 Å². The number of anilines is 2. The van der Waals surface area contributed by atoms with E-state index in [1.54, 1.807) is 0 Å². The Kier molecular flexibility index (Phi) is 8.50. The molecule has 2 atom stereocenters. The van der Waals surface area contributed by atoms with Gasteiger partial charge >= 0.3 is 18.3 Å². The molecule has 0 spiro atoms. The van der Waals surface area contributed by atoms with Crippen molar-refractivity contribution in [1.29, 1.82) is 0 Å². The van der Waals surface area contributed by atoms with E-state index in [0.717, 1.165) is 12.1 Å². The highest BCUT2D eigenvalue weighted by Gasteiger charge is 2.46. The number of carbonyl (C=O) groups is 2. The normalized spacial score (nSPS) is 16.4. The zero-order chi connectivity index (χ0) is 33.6. The third-order valence-corrected chi connectivity index (χ3v) is 7.22. The molecule has 18 heteroatoms. The minimum Gasteiger partial charge on any atom is -0.480 e. The summed E-state index contributed by atoms with van der Waals surface area (Å²) in [6, 6.07) is 1.23. The summed E-state index contributed by atoms with van der Waals surface area (Å²) in [4.78, 5) is 33.6. The van der Waals surface area contributed by atoms with E-state index in [2.05, 4.69) is 9.97 Å². The smallest absolute Gasteiger partial charge is 0.418 e. The minimum absolute atomic E-state index is 0.0653. The molecule has 5 rings (SSSR count). The van der Waals surface area contributed by atoms with Gasteiger partial charge in [-0.3, -0.25) is 4.79 Å². The second-order valence-electron chi connectivity index (χ2n) is 10.2.